The van der Waals surface area contributed by atoms with Gasteiger partial charge in [-0.15, -0.1) is 0 Å². The molecule has 0 aromatic rings. The molecule has 21 heavy (non-hydrogen) atoms. The van der Waals surface area contributed by atoms with Crippen LogP contribution in [-0.4, -0.2) is 84.0 Å². The molecule has 1 aliphatic rings. The van der Waals surface area contributed by atoms with Crippen molar-refractivity contribution in [2.24, 2.45) is 0 Å². The van der Waals surface area contributed by atoms with E-state index in [4.69, 9.17) is 25.5 Å². The Labute approximate surface area is 137 Å². The number of aliphatic hydroxyl groups is 5. The average molecular weight is 413 g/mol. The Hall–Kier alpha value is 0.559. The van der Waals surface area contributed by atoms with Crippen molar-refractivity contribution >= 4 is 21.1 Å². The van der Waals surface area contributed by atoms with Crippen LogP contribution in [0.2, 0.25) is 8.87 Å². The first kappa shape index (κ1) is 21.6. The molecule has 0 aliphatic carbocycles. The fourth-order valence-electron chi connectivity index (χ4n) is 1.81. The molecule has 5 atom stereocenters. The summed E-state index contributed by atoms with van der Waals surface area (Å²) in [7, 11) is 0. The van der Waals surface area contributed by atoms with Crippen LogP contribution >= 0.6 is 0 Å². The van der Waals surface area contributed by atoms with Gasteiger partial charge in [0.1, 0.15) is 24.4 Å². The summed E-state index contributed by atoms with van der Waals surface area (Å²) in [6.07, 6.45) is -1.20. The zero-order valence-electron chi connectivity index (χ0n) is 13.0. The zero-order valence-corrected chi connectivity index (χ0v) is 15.8. The Morgan fingerprint density at radius 2 is 1.38 bits per heavy atom. The van der Waals surface area contributed by atoms with Gasteiger partial charge in [0.2, 0.25) is 0 Å². The molecule has 0 aromatic carbocycles. The van der Waals surface area contributed by atoms with Crippen LogP contribution < -0.4 is 0 Å². The molecule has 5 N–H and O–H groups in total. The quantitative estimate of drug-likeness (QED) is 0.295. The van der Waals surface area contributed by atoms with Crippen LogP contribution in [0.1, 0.15) is 39.5 Å². The van der Waals surface area contributed by atoms with Gasteiger partial charge in [0.15, 0.2) is 6.29 Å². The van der Waals surface area contributed by atoms with Gasteiger partial charge in [-0.1, -0.05) is 0 Å². The van der Waals surface area contributed by atoms with Gasteiger partial charge >= 0.3 is 69.5 Å². The first-order valence-corrected chi connectivity index (χ1v) is 11.7. The van der Waals surface area contributed by atoms with Gasteiger partial charge in [0.05, 0.1) is 6.61 Å². The topological polar surface area (TPSA) is 110 Å². The zero-order chi connectivity index (χ0) is 16.3. The minimum Gasteiger partial charge on any atom is -0.394 e. The largest absolute Gasteiger partial charge is 0.394 e. The van der Waals surface area contributed by atoms with E-state index >= 15 is 0 Å². The second kappa shape index (κ2) is 13.0. The van der Waals surface area contributed by atoms with E-state index in [0.717, 1.165) is 0 Å². The Bertz CT molecular complexity index is 233. The van der Waals surface area contributed by atoms with Gasteiger partial charge < -0.3 is 30.3 Å². The smallest absolute Gasteiger partial charge is 0.184 e. The Morgan fingerprint density at radius 3 is 1.81 bits per heavy atom. The van der Waals surface area contributed by atoms with Gasteiger partial charge in [0.25, 0.3) is 0 Å². The van der Waals surface area contributed by atoms with E-state index in [0.29, 0.717) is 0 Å². The molecule has 0 bridgehead atoms. The van der Waals surface area contributed by atoms with Gasteiger partial charge in [0, 0.05) is 0 Å². The van der Waals surface area contributed by atoms with Crippen LogP contribution in [0.3, 0.4) is 0 Å². The molecule has 1 heterocycles. The summed E-state index contributed by atoms with van der Waals surface area (Å²) in [6.45, 7) is 4.06. The number of aliphatic hydroxyl groups excluding tert-OH is 5. The molecule has 126 valence electrons. The molecule has 2 radical (unpaired) electrons. The molecule has 6 nitrogen and oxygen atoms in total. The predicted molar refractivity (Wildman–Crippen MR) is 81.2 cm³/mol. The summed E-state index contributed by atoms with van der Waals surface area (Å²) in [4.78, 5) is 0. The molecular formula is C14H30O6Sn. The molecule has 1 aliphatic heterocycles. The van der Waals surface area contributed by atoms with E-state index in [2.05, 4.69) is 18.6 Å². The van der Waals surface area contributed by atoms with Gasteiger partial charge in [-0.25, -0.2) is 0 Å². The van der Waals surface area contributed by atoms with E-state index in [1.807, 2.05) is 0 Å². The summed E-state index contributed by atoms with van der Waals surface area (Å²) in [5.74, 6) is 0. The molecular weight excluding hydrogens is 383 g/mol. The Morgan fingerprint density at radius 1 is 0.857 bits per heavy atom. The van der Waals surface area contributed by atoms with Crippen LogP contribution in [0.15, 0.2) is 0 Å². The third kappa shape index (κ3) is 8.68. The first-order chi connectivity index (χ1) is 9.99. The van der Waals surface area contributed by atoms with Crippen molar-refractivity contribution in [3.63, 3.8) is 0 Å². The third-order valence-electron chi connectivity index (χ3n) is 3.28. The van der Waals surface area contributed by atoms with Gasteiger partial charge in [-0.05, 0) is 0 Å². The van der Waals surface area contributed by atoms with Crippen LogP contribution in [0.5, 0.6) is 0 Å². The van der Waals surface area contributed by atoms with Crippen molar-refractivity contribution in [2.75, 3.05) is 6.61 Å². The van der Waals surface area contributed by atoms with Crippen molar-refractivity contribution in [1.82, 2.24) is 0 Å². The van der Waals surface area contributed by atoms with E-state index in [1.54, 1.807) is 8.87 Å². The van der Waals surface area contributed by atoms with Crippen LogP contribution in [-0.2, 0) is 4.74 Å². The maximum Gasteiger partial charge on any atom is 0.184 e. The fourth-order valence-corrected chi connectivity index (χ4v) is 5.97. The second-order valence-electron chi connectivity index (χ2n) is 5.18. The second-order valence-corrected chi connectivity index (χ2v) is 9.46. The predicted octanol–water partition coefficient (Wildman–Crippen LogP) is -0.0940. The van der Waals surface area contributed by atoms with Gasteiger partial charge in [-0.3, -0.25) is 0 Å². The summed E-state index contributed by atoms with van der Waals surface area (Å²) < 4.78 is 7.83. The van der Waals surface area contributed by atoms with Crippen molar-refractivity contribution in [1.29, 1.82) is 0 Å². The normalized spacial score (nSPS) is 32.4. The van der Waals surface area contributed by atoms with Gasteiger partial charge in [-0.2, -0.15) is 0 Å². The molecule has 0 saturated carbocycles. The van der Waals surface area contributed by atoms with Crippen LogP contribution in [0, 0.1) is 0 Å². The molecule has 1 rings (SSSR count). The molecule has 0 amide bonds. The average Bonchev–Trinajstić information content (AvgIpc) is 2.49. The van der Waals surface area contributed by atoms with Crippen LogP contribution in [0.4, 0.5) is 0 Å². The van der Waals surface area contributed by atoms with E-state index in [-0.39, 0.29) is 21.1 Å². The Kier molecular flexibility index (Phi) is 13.4. The minimum atomic E-state index is -1.57. The Balaban J connectivity index is 0.000000400. The van der Waals surface area contributed by atoms with Crippen molar-refractivity contribution in [3.05, 3.63) is 0 Å². The van der Waals surface area contributed by atoms with Crippen molar-refractivity contribution in [3.8, 4) is 0 Å². The SMILES string of the molecule is CCC[CH2][Sn][CH2]CCC.OCC1OC(O)C(O)C(O)C1O. The fraction of sp³-hybridized carbons (Fsp3) is 1.00. The number of hydrogen-bond acceptors (Lipinski definition) is 6. The summed E-state index contributed by atoms with van der Waals surface area (Å²) >= 11 is 0.149. The maximum absolute atomic E-state index is 9.12. The monoisotopic (exact) mass is 414 g/mol. The molecule has 1 fully saturated rings. The van der Waals surface area contributed by atoms with E-state index in [9.17, 15) is 0 Å². The van der Waals surface area contributed by atoms with Crippen LogP contribution in [0.25, 0.3) is 0 Å². The summed E-state index contributed by atoms with van der Waals surface area (Å²) in [6, 6.07) is 0. The molecule has 0 aromatic heterocycles. The maximum atomic E-state index is 9.12. The molecule has 1 saturated heterocycles. The molecule has 0 spiro atoms. The standard InChI is InChI=1S/C6H12O6.2C4H9.Sn/c7-1-2-3(8)4(9)5(10)6(11)12-2;2*1-3-4-2;/h2-11H,1H2;2*1,3-4H2,2H3;. The van der Waals surface area contributed by atoms with Crippen molar-refractivity contribution in [2.45, 2.75) is 79.1 Å². The molecule has 5 unspecified atom stereocenters. The van der Waals surface area contributed by atoms with E-state index in [1.165, 1.54) is 25.7 Å². The number of unbranched alkanes of at least 4 members (excludes halogenated alkanes) is 2. The first-order valence-electron chi connectivity index (χ1n) is 7.68. The summed E-state index contributed by atoms with van der Waals surface area (Å²) in [5, 5.41) is 44.7. The number of rotatable bonds is 7. The van der Waals surface area contributed by atoms with Crippen molar-refractivity contribution < 1.29 is 30.3 Å². The number of hydrogen-bond donors (Lipinski definition) is 5. The minimum absolute atomic E-state index is 0.149. The molecule has 7 heteroatoms. The number of ether oxygens (including phenoxy) is 1. The third-order valence-corrected chi connectivity index (χ3v) is 7.32. The van der Waals surface area contributed by atoms with E-state index < -0.39 is 37.3 Å². The summed E-state index contributed by atoms with van der Waals surface area (Å²) in [5.41, 5.74) is 0.